The molecule has 2 N–H and O–H groups in total. The van der Waals surface area contributed by atoms with Crippen molar-refractivity contribution in [1.29, 1.82) is 0 Å². The molecule has 0 unspecified atom stereocenters. The van der Waals surface area contributed by atoms with E-state index in [0.717, 1.165) is 33.8 Å². The first-order valence-electron chi connectivity index (χ1n) is 10.1. The smallest absolute Gasteiger partial charge is 0.344 e. The van der Waals surface area contributed by atoms with Crippen LogP contribution in [0.2, 0.25) is 0 Å². The van der Waals surface area contributed by atoms with Gasteiger partial charge < -0.3 is 9.84 Å². The van der Waals surface area contributed by atoms with E-state index in [1.165, 1.54) is 7.11 Å². The molecule has 3 aromatic carbocycles. The molecule has 0 bridgehead atoms. The van der Waals surface area contributed by atoms with Crippen LogP contribution in [-0.4, -0.2) is 37.1 Å². The molecule has 0 aliphatic carbocycles. The van der Waals surface area contributed by atoms with Crippen molar-refractivity contribution >= 4 is 28.5 Å². The van der Waals surface area contributed by atoms with Gasteiger partial charge in [-0.05, 0) is 28.8 Å². The van der Waals surface area contributed by atoms with Crippen molar-refractivity contribution in [1.82, 2.24) is 18.9 Å². The summed E-state index contributed by atoms with van der Waals surface area (Å²) in [6, 6.07) is 21.0. The molecule has 5 rings (SSSR count). The lowest BCUT2D eigenvalue weighted by Crippen LogP contribution is -2.06. The van der Waals surface area contributed by atoms with Gasteiger partial charge in [0.2, 0.25) is 0 Å². The molecule has 0 fully saturated rings. The molecular weight excluding hydrogens is 440 g/mol. The number of nitrogens with zero attached hydrogens (tertiary/aromatic N) is 3. The number of benzene rings is 3. The number of nitrogens with one attached hydrogen (secondary N) is 1. The fourth-order valence-corrected chi connectivity index (χ4v) is 4.37. The van der Waals surface area contributed by atoms with E-state index in [1.807, 2.05) is 48.5 Å². The summed E-state index contributed by atoms with van der Waals surface area (Å²) in [5.41, 5.74) is 4.97. The third-order valence-corrected chi connectivity index (χ3v) is 5.93. The molecule has 8 nitrogen and oxygen atoms in total. The number of methoxy groups -OCH3 is 1. The largest absolute Gasteiger partial charge is 0.478 e. The number of hydrogen-bond donors (Lipinski definition) is 2. The fraction of sp³-hybridized carbons (Fsp3) is 0.0833. The quantitative estimate of drug-likeness (QED) is 0.393. The second-order valence-corrected chi connectivity index (χ2v) is 8.09. The van der Waals surface area contributed by atoms with Gasteiger partial charge >= 0.3 is 10.8 Å². The van der Waals surface area contributed by atoms with Crippen LogP contribution in [-0.2, 0) is 6.54 Å². The third kappa shape index (κ3) is 3.79. The molecule has 9 heteroatoms. The van der Waals surface area contributed by atoms with Crippen molar-refractivity contribution in [2.45, 2.75) is 6.54 Å². The number of hydrogen-bond acceptors (Lipinski definition) is 6. The summed E-state index contributed by atoms with van der Waals surface area (Å²) < 4.78 is 10.1. The minimum Gasteiger partial charge on any atom is -0.478 e. The van der Waals surface area contributed by atoms with Gasteiger partial charge in [0.1, 0.15) is 0 Å². The second kappa shape index (κ2) is 8.36. The Balaban J connectivity index is 1.52. The Labute approximate surface area is 191 Å². The summed E-state index contributed by atoms with van der Waals surface area (Å²) >= 11 is 0.961. The Bertz CT molecular complexity index is 1530. The van der Waals surface area contributed by atoms with Crippen molar-refractivity contribution in [2.75, 3.05) is 7.11 Å². The maximum absolute atomic E-state index is 11.8. The predicted octanol–water partition coefficient (Wildman–Crippen LogP) is 4.27. The van der Waals surface area contributed by atoms with E-state index in [1.54, 1.807) is 22.8 Å². The van der Waals surface area contributed by atoms with Crippen molar-refractivity contribution in [3.05, 3.63) is 87.5 Å². The summed E-state index contributed by atoms with van der Waals surface area (Å²) in [5.74, 6) is -0.475. The number of H-pyrrole nitrogens is 1. The lowest BCUT2D eigenvalue weighted by Gasteiger charge is -2.11. The highest BCUT2D eigenvalue weighted by Gasteiger charge is 2.18. The third-order valence-electron chi connectivity index (χ3n) is 5.37. The SMILES string of the molecule is COc1nc2cccc(C(=O)O)c2n1Cc1ccc(-c2ccccc2-c2nc(=O)s[nH]2)cc1. The Morgan fingerprint density at radius 3 is 2.45 bits per heavy atom. The molecule has 0 aliphatic rings. The van der Waals surface area contributed by atoms with Crippen molar-refractivity contribution in [3.63, 3.8) is 0 Å². The maximum atomic E-state index is 11.8. The van der Waals surface area contributed by atoms with Gasteiger partial charge in [-0.15, -0.1) is 0 Å². The van der Waals surface area contributed by atoms with E-state index in [4.69, 9.17) is 4.74 Å². The number of carboxylic acids is 1. The van der Waals surface area contributed by atoms with Crippen LogP contribution in [0.15, 0.2) is 71.5 Å². The highest BCUT2D eigenvalue weighted by atomic mass is 32.1. The van der Waals surface area contributed by atoms with Crippen LogP contribution in [0.1, 0.15) is 15.9 Å². The minimum atomic E-state index is -1.02. The molecule has 0 spiro atoms. The molecule has 2 heterocycles. The second-order valence-electron chi connectivity index (χ2n) is 7.34. The van der Waals surface area contributed by atoms with Crippen LogP contribution in [0.25, 0.3) is 33.5 Å². The van der Waals surface area contributed by atoms with Gasteiger partial charge in [0, 0.05) is 17.1 Å². The number of rotatable bonds is 6. The molecule has 5 aromatic rings. The van der Waals surface area contributed by atoms with Crippen molar-refractivity contribution in [3.8, 4) is 28.5 Å². The Kier molecular flexibility index (Phi) is 5.23. The number of aromatic carboxylic acids is 1. The zero-order chi connectivity index (χ0) is 22.9. The van der Waals surface area contributed by atoms with Crippen LogP contribution in [0.4, 0.5) is 0 Å². The van der Waals surface area contributed by atoms with E-state index in [9.17, 15) is 14.7 Å². The van der Waals surface area contributed by atoms with Gasteiger partial charge in [-0.2, -0.15) is 9.97 Å². The molecule has 0 aliphatic heterocycles. The molecule has 2 aromatic heterocycles. The number of aromatic amines is 1. The van der Waals surface area contributed by atoms with Gasteiger partial charge in [0.05, 0.1) is 30.3 Å². The van der Waals surface area contributed by atoms with Crippen LogP contribution in [0.5, 0.6) is 6.01 Å². The first-order chi connectivity index (χ1) is 16.0. The molecule has 0 saturated heterocycles. The summed E-state index contributed by atoms with van der Waals surface area (Å²) in [7, 11) is 1.51. The highest BCUT2D eigenvalue weighted by Crippen LogP contribution is 2.31. The number of carbonyl (C=O) groups is 1. The number of ether oxygens (including phenoxy) is 1. The summed E-state index contributed by atoms with van der Waals surface area (Å²) in [6.45, 7) is 0.394. The molecule has 0 amide bonds. The van der Waals surface area contributed by atoms with E-state index in [-0.39, 0.29) is 10.4 Å². The molecule has 0 radical (unpaired) electrons. The molecule has 0 saturated carbocycles. The topological polar surface area (TPSA) is 110 Å². The summed E-state index contributed by atoms with van der Waals surface area (Å²) in [6.07, 6.45) is 0. The van der Waals surface area contributed by atoms with Gasteiger partial charge in [-0.1, -0.05) is 54.6 Å². The first kappa shape index (κ1) is 20.7. The molecule has 33 heavy (non-hydrogen) atoms. The van der Waals surface area contributed by atoms with Crippen molar-refractivity contribution < 1.29 is 14.6 Å². The van der Waals surface area contributed by atoms with Crippen LogP contribution < -0.4 is 9.61 Å². The number of carboxylic acid groups (broad SMARTS) is 1. The average Bonchev–Trinajstić information content (AvgIpc) is 3.43. The zero-order valence-corrected chi connectivity index (χ0v) is 18.3. The van der Waals surface area contributed by atoms with Crippen molar-refractivity contribution in [2.24, 2.45) is 0 Å². The minimum absolute atomic E-state index is 0.172. The maximum Gasteiger partial charge on any atom is 0.344 e. The van der Waals surface area contributed by atoms with E-state index >= 15 is 0 Å². The van der Waals surface area contributed by atoms with E-state index < -0.39 is 5.97 Å². The number of para-hydroxylation sites is 1. The van der Waals surface area contributed by atoms with Gasteiger partial charge in [-0.25, -0.2) is 4.79 Å². The van der Waals surface area contributed by atoms with Gasteiger partial charge in [-0.3, -0.25) is 13.7 Å². The Morgan fingerprint density at radius 1 is 1.03 bits per heavy atom. The number of imidazole rings is 1. The summed E-state index contributed by atoms with van der Waals surface area (Å²) in [4.78, 5) is 31.5. The number of fused-ring (bicyclic) bond motifs is 1. The standard InChI is InChI=1S/C24H18N4O4S/c1-32-23-25-19-8-4-7-18(22(29)30)20(19)28(23)13-14-9-11-15(12-10-14)16-5-2-3-6-17(16)21-26-24(31)33-27-21/h2-12H,13H2,1H3,(H,29,30)(H,26,27,31). The van der Waals surface area contributed by atoms with Gasteiger partial charge in [0.25, 0.3) is 6.01 Å². The number of aromatic nitrogens is 4. The molecular formula is C24H18N4O4S. The summed E-state index contributed by atoms with van der Waals surface area (Å²) in [5, 5.41) is 9.63. The predicted molar refractivity (Wildman–Crippen MR) is 126 cm³/mol. The lowest BCUT2D eigenvalue weighted by atomic mass is 9.98. The van der Waals surface area contributed by atoms with E-state index in [2.05, 4.69) is 14.3 Å². The normalized spacial score (nSPS) is 11.1. The molecule has 164 valence electrons. The monoisotopic (exact) mass is 458 g/mol. The Hall–Kier alpha value is -4.24. The lowest BCUT2D eigenvalue weighted by molar-refractivity contribution is 0.0698. The average molecular weight is 458 g/mol. The zero-order valence-electron chi connectivity index (χ0n) is 17.5. The van der Waals surface area contributed by atoms with Crippen LogP contribution in [0.3, 0.4) is 0 Å². The fourth-order valence-electron chi connectivity index (χ4n) is 3.90. The Morgan fingerprint density at radius 2 is 1.79 bits per heavy atom. The first-order valence-corrected chi connectivity index (χ1v) is 10.9. The van der Waals surface area contributed by atoms with Crippen LogP contribution >= 0.6 is 11.5 Å². The van der Waals surface area contributed by atoms with Gasteiger partial charge in [0.15, 0.2) is 5.82 Å². The van der Waals surface area contributed by atoms with Crippen LogP contribution in [0, 0.1) is 0 Å². The highest BCUT2D eigenvalue weighted by molar-refractivity contribution is 7.03. The molecule has 0 atom stereocenters. The van der Waals surface area contributed by atoms with E-state index in [0.29, 0.717) is 29.4 Å².